The molecule has 1 aliphatic heterocycles. The summed E-state index contributed by atoms with van der Waals surface area (Å²) in [4.78, 5) is 4.34. The third-order valence-corrected chi connectivity index (χ3v) is 3.35. The Morgan fingerprint density at radius 2 is 2.06 bits per heavy atom. The number of rotatable bonds is 2. The second-order valence-corrected chi connectivity index (χ2v) is 4.73. The van der Waals surface area contributed by atoms with Gasteiger partial charge >= 0.3 is 0 Å². The van der Waals surface area contributed by atoms with Gasteiger partial charge in [-0.1, -0.05) is 0 Å². The summed E-state index contributed by atoms with van der Waals surface area (Å²) >= 11 is 0. The monoisotopic (exact) mass is 245 g/mol. The van der Waals surface area contributed by atoms with Gasteiger partial charge in [0.1, 0.15) is 5.82 Å². The number of nitrogens with zero attached hydrogens (tertiary/aromatic N) is 1. The van der Waals surface area contributed by atoms with Crippen LogP contribution in [0.4, 0.5) is 10.1 Å². The van der Waals surface area contributed by atoms with Crippen LogP contribution in [0.25, 0.3) is 10.9 Å². The van der Waals surface area contributed by atoms with Crippen molar-refractivity contribution in [1.29, 1.82) is 0 Å². The number of fused-ring (bicyclic) bond motifs is 1. The maximum Gasteiger partial charge on any atom is 0.123 e. The number of hydrogen-bond acceptors (Lipinski definition) is 3. The fraction of sp³-hybridized carbons (Fsp3) is 0.357. The lowest BCUT2D eigenvalue weighted by Crippen LogP contribution is -2.35. The second kappa shape index (κ2) is 4.90. The first-order valence-electron chi connectivity index (χ1n) is 6.34. The van der Waals surface area contributed by atoms with Crippen molar-refractivity contribution in [1.82, 2.24) is 10.3 Å². The first-order valence-corrected chi connectivity index (χ1v) is 6.34. The van der Waals surface area contributed by atoms with E-state index in [-0.39, 0.29) is 5.82 Å². The van der Waals surface area contributed by atoms with Gasteiger partial charge in [-0.2, -0.15) is 0 Å². The summed E-state index contributed by atoms with van der Waals surface area (Å²) in [6.45, 7) is 2.10. The lowest BCUT2D eigenvalue weighted by molar-refractivity contribution is 0.479. The van der Waals surface area contributed by atoms with Crippen LogP contribution >= 0.6 is 0 Å². The molecule has 1 aliphatic rings. The number of pyridine rings is 1. The topological polar surface area (TPSA) is 37.0 Å². The van der Waals surface area contributed by atoms with E-state index in [0.717, 1.165) is 42.5 Å². The van der Waals surface area contributed by atoms with E-state index in [1.165, 1.54) is 12.1 Å². The average Bonchev–Trinajstić information content (AvgIpc) is 2.39. The molecule has 0 atom stereocenters. The van der Waals surface area contributed by atoms with E-state index < -0.39 is 0 Å². The van der Waals surface area contributed by atoms with Crippen LogP contribution in [0.1, 0.15) is 12.8 Å². The Morgan fingerprint density at radius 1 is 1.22 bits per heavy atom. The number of nitrogens with one attached hydrogen (secondary N) is 2. The number of aromatic nitrogens is 1. The van der Waals surface area contributed by atoms with Crippen molar-refractivity contribution in [2.75, 3.05) is 18.4 Å². The molecule has 2 N–H and O–H groups in total. The van der Waals surface area contributed by atoms with Gasteiger partial charge in [0, 0.05) is 11.4 Å². The second-order valence-electron chi connectivity index (χ2n) is 4.73. The van der Waals surface area contributed by atoms with E-state index in [1.807, 2.05) is 12.3 Å². The van der Waals surface area contributed by atoms with E-state index in [9.17, 15) is 4.39 Å². The Bertz CT molecular complexity index is 550. The minimum absolute atomic E-state index is 0.219. The molecule has 1 aromatic carbocycles. The van der Waals surface area contributed by atoms with Crippen molar-refractivity contribution in [2.45, 2.75) is 18.9 Å². The van der Waals surface area contributed by atoms with Gasteiger partial charge in [0.25, 0.3) is 0 Å². The predicted octanol–water partition coefficient (Wildman–Crippen LogP) is 2.54. The molecule has 2 aromatic rings. The fourth-order valence-corrected chi connectivity index (χ4v) is 2.38. The highest BCUT2D eigenvalue weighted by Gasteiger charge is 2.12. The highest BCUT2D eigenvalue weighted by atomic mass is 19.1. The molecule has 0 aliphatic carbocycles. The van der Waals surface area contributed by atoms with Gasteiger partial charge in [0.2, 0.25) is 0 Å². The Morgan fingerprint density at radius 3 is 2.89 bits per heavy atom. The molecule has 1 saturated heterocycles. The average molecular weight is 245 g/mol. The zero-order chi connectivity index (χ0) is 12.4. The van der Waals surface area contributed by atoms with Crippen LogP contribution in [0.3, 0.4) is 0 Å². The lowest BCUT2D eigenvalue weighted by Gasteiger charge is -2.24. The van der Waals surface area contributed by atoms with E-state index in [4.69, 9.17) is 0 Å². The number of hydrogen-bond donors (Lipinski definition) is 2. The van der Waals surface area contributed by atoms with Crippen LogP contribution in [-0.4, -0.2) is 24.1 Å². The highest BCUT2D eigenvalue weighted by molar-refractivity contribution is 5.81. The van der Waals surface area contributed by atoms with E-state index in [2.05, 4.69) is 15.6 Å². The Hall–Kier alpha value is -1.68. The summed E-state index contributed by atoms with van der Waals surface area (Å²) in [5.41, 5.74) is 1.80. The molecule has 3 nitrogen and oxygen atoms in total. The molecular weight excluding hydrogens is 229 g/mol. The molecule has 1 fully saturated rings. The van der Waals surface area contributed by atoms with Crippen LogP contribution in [-0.2, 0) is 0 Å². The maximum atomic E-state index is 13.2. The summed E-state index contributed by atoms with van der Waals surface area (Å²) in [5.74, 6) is -0.219. The zero-order valence-corrected chi connectivity index (χ0v) is 10.1. The summed E-state index contributed by atoms with van der Waals surface area (Å²) in [5, 5.41) is 7.64. The van der Waals surface area contributed by atoms with Crippen molar-refractivity contribution in [2.24, 2.45) is 0 Å². The fourth-order valence-electron chi connectivity index (χ4n) is 2.38. The molecular formula is C14H16FN3. The third kappa shape index (κ3) is 2.43. The van der Waals surface area contributed by atoms with Crippen LogP contribution in [0.5, 0.6) is 0 Å². The Kier molecular flexibility index (Phi) is 3.11. The van der Waals surface area contributed by atoms with Gasteiger partial charge in [0.05, 0.1) is 17.4 Å². The van der Waals surface area contributed by atoms with Crippen molar-refractivity contribution in [3.05, 3.63) is 36.3 Å². The number of anilines is 1. The SMILES string of the molecule is Fc1ccc2ncc(NC3CCNCC3)cc2c1. The Balaban J connectivity index is 1.83. The minimum atomic E-state index is -0.219. The quantitative estimate of drug-likeness (QED) is 0.853. The van der Waals surface area contributed by atoms with Crippen molar-refractivity contribution in [3.63, 3.8) is 0 Å². The molecule has 4 heteroatoms. The smallest absolute Gasteiger partial charge is 0.123 e. The van der Waals surface area contributed by atoms with Crippen molar-refractivity contribution >= 4 is 16.6 Å². The molecule has 1 aromatic heterocycles. The van der Waals surface area contributed by atoms with Crippen LogP contribution in [0.15, 0.2) is 30.5 Å². The van der Waals surface area contributed by atoms with E-state index >= 15 is 0 Å². The molecule has 0 saturated carbocycles. The van der Waals surface area contributed by atoms with Gasteiger partial charge in [-0.15, -0.1) is 0 Å². The van der Waals surface area contributed by atoms with Gasteiger partial charge in [0.15, 0.2) is 0 Å². The third-order valence-electron chi connectivity index (χ3n) is 3.35. The van der Waals surface area contributed by atoms with Crippen LogP contribution in [0, 0.1) is 5.82 Å². The maximum absolute atomic E-state index is 13.2. The van der Waals surface area contributed by atoms with Gasteiger partial charge in [-0.05, 0) is 50.2 Å². The molecule has 2 heterocycles. The van der Waals surface area contributed by atoms with Crippen LogP contribution < -0.4 is 10.6 Å². The number of benzene rings is 1. The van der Waals surface area contributed by atoms with E-state index in [0.29, 0.717) is 6.04 Å². The summed E-state index contributed by atoms with van der Waals surface area (Å²) in [7, 11) is 0. The summed E-state index contributed by atoms with van der Waals surface area (Å²) in [6.07, 6.45) is 4.05. The predicted molar refractivity (Wildman–Crippen MR) is 71.2 cm³/mol. The van der Waals surface area contributed by atoms with Crippen molar-refractivity contribution in [3.8, 4) is 0 Å². The first kappa shape index (κ1) is 11.4. The molecule has 0 radical (unpaired) electrons. The summed E-state index contributed by atoms with van der Waals surface area (Å²) in [6, 6.07) is 7.12. The van der Waals surface area contributed by atoms with Crippen molar-refractivity contribution < 1.29 is 4.39 Å². The van der Waals surface area contributed by atoms with Crippen LogP contribution in [0.2, 0.25) is 0 Å². The number of piperidine rings is 1. The molecule has 18 heavy (non-hydrogen) atoms. The normalized spacial score (nSPS) is 16.9. The first-order chi connectivity index (χ1) is 8.81. The van der Waals surface area contributed by atoms with Gasteiger partial charge in [-0.3, -0.25) is 4.98 Å². The van der Waals surface area contributed by atoms with Gasteiger partial charge < -0.3 is 10.6 Å². The largest absolute Gasteiger partial charge is 0.381 e. The summed E-state index contributed by atoms with van der Waals surface area (Å²) < 4.78 is 13.2. The lowest BCUT2D eigenvalue weighted by atomic mass is 10.1. The molecule has 0 bridgehead atoms. The molecule has 0 unspecified atom stereocenters. The highest BCUT2D eigenvalue weighted by Crippen LogP contribution is 2.19. The van der Waals surface area contributed by atoms with Gasteiger partial charge in [-0.25, -0.2) is 4.39 Å². The Labute approximate surface area is 105 Å². The molecule has 0 spiro atoms. The minimum Gasteiger partial charge on any atom is -0.381 e. The molecule has 0 amide bonds. The number of halogens is 1. The zero-order valence-electron chi connectivity index (χ0n) is 10.1. The molecule has 3 rings (SSSR count). The standard InChI is InChI=1S/C14H16FN3/c15-11-1-2-14-10(7-11)8-13(9-17-14)18-12-3-5-16-6-4-12/h1-2,7-9,12,16,18H,3-6H2. The molecule has 94 valence electrons. The van der Waals surface area contributed by atoms with E-state index in [1.54, 1.807) is 6.07 Å².